The Labute approximate surface area is 92.4 Å². The molecule has 1 fully saturated rings. The van der Waals surface area contributed by atoms with Crippen molar-refractivity contribution in [1.82, 2.24) is 4.90 Å². The van der Waals surface area contributed by atoms with Gasteiger partial charge in [0.2, 0.25) is 0 Å². The van der Waals surface area contributed by atoms with Gasteiger partial charge in [-0.1, -0.05) is 37.3 Å². The number of allylic oxidation sites excluding steroid dienone is 1. The summed E-state index contributed by atoms with van der Waals surface area (Å²) in [5.74, 6) is 0. The highest BCUT2D eigenvalue weighted by Crippen LogP contribution is 2.20. The summed E-state index contributed by atoms with van der Waals surface area (Å²) >= 11 is 0. The smallest absolute Gasteiger partial charge is 0.0173 e. The van der Waals surface area contributed by atoms with Gasteiger partial charge in [-0.2, -0.15) is 0 Å². The van der Waals surface area contributed by atoms with E-state index in [1.54, 1.807) is 0 Å². The molecule has 2 rings (SSSR count). The molecule has 0 saturated carbocycles. The minimum atomic E-state index is 1.11. The molecule has 1 aromatic rings. The first-order valence-corrected chi connectivity index (χ1v) is 5.90. The second kappa shape index (κ2) is 5.01. The second-order valence-electron chi connectivity index (χ2n) is 4.12. The van der Waals surface area contributed by atoms with Crippen molar-refractivity contribution in [3.05, 3.63) is 42.1 Å². The van der Waals surface area contributed by atoms with Gasteiger partial charge in [0.05, 0.1) is 0 Å². The van der Waals surface area contributed by atoms with Crippen LogP contribution in [0.3, 0.4) is 0 Å². The first-order valence-electron chi connectivity index (χ1n) is 5.90. The number of hydrogen-bond acceptors (Lipinski definition) is 1. The highest BCUT2D eigenvalue weighted by atomic mass is 15.1. The van der Waals surface area contributed by atoms with Crippen LogP contribution >= 0.6 is 0 Å². The van der Waals surface area contributed by atoms with Crippen molar-refractivity contribution < 1.29 is 0 Å². The molecule has 1 heterocycles. The molecule has 0 radical (unpaired) electrons. The highest BCUT2D eigenvalue weighted by Gasteiger charge is 2.08. The molecular weight excluding hydrogens is 182 g/mol. The van der Waals surface area contributed by atoms with E-state index in [9.17, 15) is 0 Å². The zero-order valence-corrected chi connectivity index (χ0v) is 9.45. The van der Waals surface area contributed by atoms with Gasteiger partial charge in [-0.15, -0.1) is 0 Å². The zero-order valence-electron chi connectivity index (χ0n) is 9.45. The largest absolute Gasteiger partial charge is 0.377 e. The Bertz CT molecular complexity index is 320. The lowest BCUT2D eigenvalue weighted by molar-refractivity contribution is 0.468. The standard InChI is InChI=1S/C14H19N/c1-2-13(12-15-10-6-7-11-15)14-8-4-3-5-9-14/h3-5,8-9,12H,2,6-7,10-11H2,1H3. The summed E-state index contributed by atoms with van der Waals surface area (Å²) in [6.45, 7) is 4.70. The predicted molar refractivity (Wildman–Crippen MR) is 65.5 cm³/mol. The number of nitrogens with zero attached hydrogens (tertiary/aromatic N) is 1. The molecule has 0 N–H and O–H groups in total. The molecule has 0 spiro atoms. The van der Waals surface area contributed by atoms with Crippen LogP contribution < -0.4 is 0 Å². The average Bonchev–Trinajstić information content (AvgIpc) is 2.80. The maximum atomic E-state index is 2.45. The minimum Gasteiger partial charge on any atom is -0.377 e. The first-order chi connectivity index (χ1) is 7.40. The molecule has 0 atom stereocenters. The number of likely N-dealkylation sites (tertiary alicyclic amines) is 1. The Hall–Kier alpha value is -1.24. The average molecular weight is 201 g/mol. The van der Waals surface area contributed by atoms with Crippen LogP contribution in [-0.2, 0) is 0 Å². The van der Waals surface area contributed by atoms with E-state index in [0.717, 1.165) is 6.42 Å². The maximum absolute atomic E-state index is 2.45. The zero-order chi connectivity index (χ0) is 10.5. The minimum absolute atomic E-state index is 1.11. The lowest BCUT2D eigenvalue weighted by Gasteiger charge is -2.14. The van der Waals surface area contributed by atoms with Crippen LogP contribution in [0.1, 0.15) is 31.7 Å². The molecule has 0 amide bonds. The fourth-order valence-corrected chi connectivity index (χ4v) is 2.11. The Morgan fingerprint density at radius 2 is 1.87 bits per heavy atom. The van der Waals surface area contributed by atoms with Crippen molar-refractivity contribution in [2.75, 3.05) is 13.1 Å². The van der Waals surface area contributed by atoms with Crippen molar-refractivity contribution in [2.24, 2.45) is 0 Å². The van der Waals surface area contributed by atoms with Gasteiger partial charge in [-0.05, 0) is 30.4 Å². The Kier molecular flexibility index (Phi) is 3.44. The van der Waals surface area contributed by atoms with Crippen LogP contribution in [-0.4, -0.2) is 18.0 Å². The van der Waals surface area contributed by atoms with E-state index in [1.165, 1.54) is 37.1 Å². The molecule has 1 saturated heterocycles. The summed E-state index contributed by atoms with van der Waals surface area (Å²) < 4.78 is 0. The number of rotatable bonds is 3. The van der Waals surface area contributed by atoms with Crippen molar-refractivity contribution in [2.45, 2.75) is 26.2 Å². The highest BCUT2D eigenvalue weighted by molar-refractivity contribution is 5.64. The van der Waals surface area contributed by atoms with Gasteiger partial charge in [-0.3, -0.25) is 0 Å². The van der Waals surface area contributed by atoms with Crippen molar-refractivity contribution in [3.63, 3.8) is 0 Å². The van der Waals surface area contributed by atoms with Gasteiger partial charge in [-0.25, -0.2) is 0 Å². The third-order valence-electron chi connectivity index (χ3n) is 3.00. The van der Waals surface area contributed by atoms with Crippen LogP contribution in [0, 0.1) is 0 Å². The van der Waals surface area contributed by atoms with Gasteiger partial charge in [0.25, 0.3) is 0 Å². The van der Waals surface area contributed by atoms with Gasteiger partial charge in [0.1, 0.15) is 0 Å². The van der Waals surface area contributed by atoms with Crippen LogP contribution in [0.4, 0.5) is 0 Å². The molecule has 0 bridgehead atoms. The normalized spacial score (nSPS) is 17.1. The van der Waals surface area contributed by atoms with Crippen molar-refractivity contribution >= 4 is 5.57 Å². The molecule has 1 aliphatic heterocycles. The third-order valence-corrected chi connectivity index (χ3v) is 3.00. The molecule has 0 aliphatic carbocycles. The van der Waals surface area contributed by atoms with Gasteiger partial charge in [0, 0.05) is 19.3 Å². The van der Waals surface area contributed by atoms with E-state index in [4.69, 9.17) is 0 Å². The predicted octanol–water partition coefficient (Wildman–Crippen LogP) is 3.53. The quantitative estimate of drug-likeness (QED) is 0.723. The molecule has 15 heavy (non-hydrogen) atoms. The van der Waals surface area contributed by atoms with E-state index >= 15 is 0 Å². The monoisotopic (exact) mass is 201 g/mol. The van der Waals surface area contributed by atoms with Crippen molar-refractivity contribution in [3.8, 4) is 0 Å². The maximum Gasteiger partial charge on any atom is 0.0173 e. The van der Waals surface area contributed by atoms with Gasteiger partial charge >= 0.3 is 0 Å². The summed E-state index contributed by atoms with van der Waals surface area (Å²) in [5, 5.41) is 0. The summed E-state index contributed by atoms with van der Waals surface area (Å²) in [6.07, 6.45) is 6.16. The summed E-state index contributed by atoms with van der Waals surface area (Å²) in [7, 11) is 0. The molecule has 1 aliphatic rings. The number of hydrogen-bond donors (Lipinski definition) is 0. The second-order valence-corrected chi connectivity index (χ2v) is 4.12. The van der Waals surface area contributed by atoms with E-state index in [0.29, 0.717) is 0 Å². The van der Waals surface area contributed by atoms with E-state index in [2.05, 4.69) is 48.4 Å². The Morgan fingerprint density at radius 3 is 2.47 bits per heavy atom. The Morgan fingerprint density at radius 1 is 1.20 bits per heavy atom. The lowest BCUT2D eigenvalue weighted by atomic mass is 10.0. The summed E-state index contributed by atoms with van der Waals surface area (Å²) in [6, 6.07) is 10.7. The fourth-order valence-electron chi connectivity index (χ4n) is 2.11. The van der Waals surface area contributed by atoms with E-state index < -0.39 is 0 Å². The Balaban J connectivity index is 2.16. The summed E-state index contributed by atoms with van der Waals surface area (Å²) in [5.41, 5.74) is 2.82. The fraction of sp³-hybridized carbons (Fsp3) is 0.429. The van der Waals surface area contributed by atoms with Crippen molar-refractivity contribution in [1.29, 1.82) is 0 Å². The van der Waals surface area contributed by atoms with Crippen LogP contribution in [0.2, 0.25) is 0 Å². The lowest BCUT2D eigenvalue weighted by Crippen LogP contribution is -2.11. The molecular formula is C14H19N. The molecule has 0 unspecified atom stereocenters. The molecule has 1 aromatic carbocycles. The topological polar surface area (TPSA) is 3.24 Å². The SMILES string of the molecule is CCC(=CN1CCCC1)c1ccccc1. The van der Waals surface area contributed by atoms with Crippen LogP contribution in [0.5, 0.6) is 0 Å². The van der Waals surface area contributed by atoms with Crippen LogP contribution in [0.15, 0.2) is 36.5 Å². The van der Waals surface area contributed by atoms with E-state index in [-0.39, 0.29) is 0 Å². The molecule has 1 heteroatoms. The van der Waals surface area contributed by atoms with Crippen LogP contribution in [0.25, 0.3) is 5.57 Å². The summed E-state index contributed by atoms with van der Waals surface area (Å²) in [4.78, 5) is 2.45. The first kappa shape index (κ1) is 10.3. The van der Waals surface area contributed by atoms with Gasteiger partial charge < -0.3 is 4.90 Å². The third kappa shape index (κ3) is 2.62. The molecule has 80 valence electrons. The molecule has 1 nitrogen and oxygen atoms in total. The number of benzene rings is 1. The van der Waals surface area contributed by atoms with E-state index in [1.807, 2.05) is 0 Å². The van der Waals surface area contributed by atoms with Gasteiger partial charge in [0.15, 0.2) is 0 Å². The molecule has 0 aromatic heterocycles.